The molecule has 0 aromatic heterocycles. The normalized spacial score (nSPS) is 26.0. The largest absolute Gasteiger partial charge is 0.497 e. The van der Waals surface area contributed by atoms with E-state index in [4.69, 9.17) is 4.74 Å². The van der Waals surface area contributed by atoms with Crippen molar-refractivity contribution in [1.82, 2.24) is 10.2 Å². The molecule has 132 valence electrons. The molecule has 1 saturated carbocycles. The molecule has 4 nitrogen and oxygen atoms in total. The Balaban J connectivity index is 1.42. The molecule has 4 heteroatoms. The Bertz CT molecular complexity index is 529. The van der Waals surface area contributed by atoms with E-state index in [1.807, 2.05) is 24.1 Å². The van der Waals surface area contributed by atoms with Crippen molar-refractivity contribution in [2.24, 2.45) is 5.92 Å². The molecule has 2 aliphatic rings. The van der Waals surface area contributed by atoms with Crippen LogP contribution in [0.1, 0.15) is 44.1 Å². The van der Waals surface area contributed by atoms with E-state index in [9.17, 15) is 4.79 Å². The van der Waals surface area contributed by atoms with Gasteiger partial charge in [0.05, 0.1) is 13.2 Å². The standard InChI is InChI=1S/C20H30N2O2/c1-22(13-5-6-15-9-11-17(24-2)12-10-15)20(23)19-14-16-7-3-4-8-18(16)21-19/h9-12,16,18-19,21H,3-8,13-14H2,1-2H3. The van der Waals surface area contributed by atoms with Crippen LogP contribution in [0.2, 0.25) is 0 Å². The molecular weight excluding hydrogens is 300 g/mol. The van der Waals surface area contributed by atoms with Gasteiger partial charge >= 0.3 is 0 Å². The number of aryl methyl sites for hydroxylation is 1. The van der Waals surface area contributed by atoms with Gasteiger partial charge in [-0.15, -0.1) is 0 Å². The Kier molecular flexibility index (Phi) is 5.77. The SMILES string of the molecule is COc1ccc(CCCN(C)C(=O)C2CC3CCCCC3N2)cc1. The number of hydrogen-bond donors (Lipinski definition) is 1. The van der Waals surface area contributed by atoms with Gasteiger partial charge in [0.25, 0.3) is 0 Å². The summed E-state index contributed by atoms with van der Waals surface area (Å²) in [6.45, 7) is 0.818. The minimum atomic E-state index is 0.0455. The van der Waals surface area contributed by atoms with Gasteiger partial charge in [0.15, 0.2) is 0 Å². The molecule has 1 saturated heterocycles. The minimum Gasteiger partial charge on any atom is -0.497 e. The first-order chi connectivity index (χ1) is 11.7. The number of hydrogen-bond acceptors (Lipinski definition) is 3. The van der Waals surface area contributed by atoms with Crippen LogP contribution in [0.3, 0.4) is 0 Å². The Morgan fingerprint density at radius 3 is 2.71 bits per heavy atom. The third-order valence-corrected chi connectivity index (χ3v) is 5.66. The Morgan fingerprint density at radius 2 is 2.00 bits per heavy atom. The van der Waals surface area contributed by atoms with Gasteiger partial charge in [-0.25, -0.2) is 0 Å². The Hall–Kier alpha value is -1.55. The maximum Gasteiger partial charge on any atom is 0.239 e. The lowest BCUT2D eigenvalue weighted by Crippen LogP contribution is -2.44. The minimum absolute atomic E-state index is 0.0455. The van der Waals surface area contributed by atoms with Crippen LogP contribution in [0.15, 0.2) is 24.3 Å². The zero-order valence-corrected chi connectivity index (χ0v) is 15.0. The van der Waals surface area contributed by atoms with Crippen LogP contribution in [-0.2, 0) is 11.2 Å². The van der Waals surface area contributed by atoms with Gasteiger partial charge in [0.1, 0.15) is 5.75 Å². The summed E-state index contributed by atoms with van der Waals surface area (Å²) < 4.78 is 5.18. The fourth-order valence-corrected chi connectivity index (χ4v) is 4.20. The number of likely N-dealkylation sites (N-methyl/N-ethyl adjacent to an activating group) is 1. The smallest absolute Gasteiger partial charge is 0.239 e. The zero-order valence-electron chi connectivity index (χ0n) is 15.0. The summed E-state index contributed by atoms with van der Waals surface area (Å²) in [5.41, 5.74) is 1.29. The van der Waals surface area contributed by atoms with Gasteiger partial charge in [-0.3, -0.25) is 4.79 Å². The van der Waals surface area contributed by atoms with E-state index in [2.05, 4.69) is 17.4 Å². The fourth-order valence-electron chi connectivity index (χ4n) is 4.20. The highest BCUT2D eigenvalue weighted by atomic mass is 16.5. The Morgan fingerprint density at radius 1 is 1.25 bits per heavy atom. The summed E-state index contributed by atoms with van der Waals surface area (Å²) in [5, 5.41) is 3.59. The van der Waals surface area contributed by atoms with Gasteiger partial charge in [-0.2, -0.15) is 0 Å². The molecule has 0 radical (unpaired) electrons. The third-order valence-electron chi connectivity index (χ3n) is 5.66. The van der Waals surface area contributed by atoms with Crippen molar-refractivity contribution in [3.8, 4) is 5.75 Å². The van der Waals surface area contributed by atoms with Gasteiger partial charge < -0.3 is 15.0 Å². The highest BCUT2D eigenvalue weighted by Gasteiger charge is 2.38. The summed E-state index contributed by atoms with van der Waals surface area (Å²) in [7, 11) is 3.63. The van der Waals surface area contributed by atoms with Crippen molar-refractivity contribution < 1.29 is 9.53 Å². The molecule has 1 aliphatic heterocycles. The molecule has 2 fully saturated rings. The first-order valence-electron chi connectivity index (χ1n) is 9.31. The summed E-state index contributed by atoms with van der Waals surface area (Å²) >= 11 is 0. The number of amides is 1. The second-order valence-corrected chi connectivity index (χ2v) is 7.32. The molecular formula is C20H30N2O2. The van der Waals surface area contributed by atoms with E-state index in [0.29, 0.717) is 6.04 Å². The fraction of sp³-hybridized carbons (Fsp3) is 0.650. The maximum atomic E-state index is 12.7. The second kappa shape index (κ2) is 8.02. The van der Waals surface area contributed by atoms with Crippen molar-refractivity contribution in [2.75, 3.05) is 20.7 Å². The van der Waals surface area contributed by atoms with Crippen LogP contribution < -0.4 is 10.1 Å². The monoisotopic (exact) mass is 330 g/mol. The van der Waals surface area contributed by atoms with Crippen molar-refractivity contribution in [2.45, 2.75) is 57.0 Å². The van der Waals surface area contributed by atoms with E-state index in [1.165, 1.54) is 31.2 Å². The molecule has 1 aliphatic carbocycles. The van der Waals surface area contributed by atoms with E-state index < -0.39 is 0 Å². The number of rotatable bonds is 6. The van der Waals surface area contributed by atoms with Crippen molar-refractivity contribution in [1.29, 1.82) is 0 Å². The van der Waals surface area contributed by atoms with Crippen LogP contribution in [-0.4, -0.2) is 43.6 Å². The molecule has 24 heavy (non-hydrogen) atoms. The first kappa shape index (κ1) is 17.3. The topological polar surface area (TPSA) is 41.6 Å². The van der Waals surface area contributed by atoms with Crippen LogP contribution >= 0.6 is 0 Å². The lowest BCUT2D eigenvalue weighted by molar-refractivity contribution is -0.131. The van der Waals surface area contributed by atoms with E-state index >= 15 is 0 Å². The lowest BCUT2D eigenvalue weighted by Gasteiger charge is -2.24. The number of ether oxygens (including phenoxy) is 1. The summed E-state index contributed by atoms with van der Waals surface area (Å²) in [5.74, 6) is 1.89. The van der Waals surface area contributed by atoms with Crippen molar-refractivity contribution in [3.63, 3.8) is 0 Å². The first-order valence-corrected chi connectivity index (χ1v) is 9.31. The molecule has 0 bridgehead atoms. The average Bonchev–Trinajstić information content (AvgIpc) is 3.05. The van der Waals surface area contributed by atoms with Crippen molar-refractivity contribution >= 4 is 5.91 Å². The molecule has 3 unspecified atom stereocenters. The molecule has 1 amide bonds. The number of carbonyl (C=O) groups excluding carboxylic acids is 1. The van der Waals surface area contributed by atoms with Crippen LogP contribution in [0.25, 0.3) is 0 Å². The van der Waals surface area contributed by atoms with E-state index in [-0.39, 0.29) is 11.9 Å². The molecule has 1 heterocycles. The van der Waals surface area contributed by atoms with Crippen LogP contribution in [0, 0.1) is 5.92 Å². The number of benzene rings is 1. The summed E-state index contributed by atoms with van der Waals surface area (Å²) in [6.07, 6.45) is 8.21. The molecule has 3 rings (SSSR count). The number of carbonyl (C=O) groups is 1. The van der Waals surface area contributed by atoms with E-state index in [0.717, 1.165) is 37.5 Å². The predicted octanol–water partition coefficient (Wildman–Crippen LogP) is 3.01. The quantitative estimate of drug-likeness (QED) is 0.872. The molecule has 3 atom stereocenters. The van der Waals surface area contributed by atoms with Gasteiger partial charge in [0, 0.05) is 19.6 Å². The molecule has 1 aromatic rings. The number of fused-ring (bicyclic) bond motifs is 1. The van der Waals surface area contributed by atoms with Crippen LogP contribution in [0.5, 0.6) is 5.75 Å². The average molecular weight is 330 g/mol. The molecule has 0 spiro atoms. The Labute approximate surface area is 145 Å². The van der Waals surface area contributed by atoms with Crippen molar-refractivity contribution in [3.05, 3.63) is 29.8 Å². The summed E-state index contributed by atoms with van der Waals surface area (Å²) in [4.78, 5) is 14.6. The van der Waals surface area contributed by atoms with Gasteiger partial charge in [0.2, 0.25) is 5.91 Å². The summed E-state index contributed by atoms with van der Waals surface area (Å²) in [6, 6.07) is 8.82. The number of nitrogens with zero attached hydrogens (tertiary/aromatic N) is 1. The highest BCUT2D eigenvalue weighted by molar-refractivity contribution is 5.82. The number of nitrogens with one attached hydrogen (secondary N) is 1. The third kappa shape index (κ3) is 4.10. The highest BCUT2D eigenvalue weighted by Crippen LogP contribution is 2.33. The van der Waals surface area contributed by atoms with Gasteiger partial charge in [-0.05, 0) is 55.7 Å². The lowest BCUT2D eigenvalue weighted by atomic mass is 9.85. The van der Waals surface area contributed by atoms with Crippen LogP contribution in [0.4, 0.5) is 0 Å². The molecule has 1 N–H and O–H groups in total. The predicted molar refractivity (Wildman–Crippen MR) is 96.2 cm³/mol. The maximum absolute atomic E-state index is 12.7. The number of methoxy groups -OCH3 is 1. The molecule has 1 aromatic carbocycles. The zero-order chi connectivity index (χ0) is 16.9. The van der Waals surface area contributed by atoms with Gasteiger partial charge in [-0.1, -0.05) is 25.0 Å². The van der Waals surface area contributed by atoms with E-state index in [1.54, 1.807) is 7.11 Å². The second-order valence-electron chi connectivity index (χ2n) is 7.32.